The Kier molecular flexibility index (Phi) is 2.36. The van der Waals surface area contributed by atoms with Crippen LogP contribution in [0.4, 0.5) is 0 Å². The number of hydrogen-bond donors (Lipinski definition) is 0. The van der Waals surface area contributed by atoms with Crippen molar-refractivity contribution in [3.05, 3.63) is 60.2 Å². The molecular formula is C17H15. The third-order valence-corrected chi connectivity index (χ3v) is 3.32. The molecule has 83 valence electrons. The Morgan fingerprint density at radius 3 is 2.35 bits per heavy atom. The highest BCUT2D eigenvalue weighted by molar-refractivity contribution is 5.99. The predicted octanol–water partition coefficient (Wildman–Crippen LogP) is 4.92. The van der Waals surface area contributed by atoms with Crippen LogP contribution in [0.3, 0.4) is 0 Å². The van der Waals surface area contributed by atoms with Gasteiger partial charge in [-0.2, -0.15) is 0 Å². The van der Waals surface area contributed by atoms with Crippen molar-refractivity contribution in [2.24, 2.45) is 0 Å². The molecule has 0 amide bonds. The van der Waals surface area contributed by atoms with Gasteiger partial charge in [0.1, 0.15) is 0 Å². The molecular weight excluding hydrogens is 204 g/mol. The zero-order valence-electron chi connectivity index (χ0n) is 10.2. The van der Waals surface area contributed by atoms with E-state index in [1.807, 2.05) is 6.07 Å². The van der Waals surface area contributed by atoms with E-state index >= 15 is 0 Å². The van der Waals surface area contributed by atoms with Crippen molar-refractivity contribution in [3.63, 3.8) is 0 Å². The molecule has 0 bridgehead atoms. The van der Waals surface area contributed by atoms with Crippen molar-refractivity contribution in [2.75, 3.05) is 0 Å². The maximum absolute atomic E-state index is 3.34. The fourth-order valence-electron chi connectivity index (χ4n) is 2.41. The summed E-state index contributed by atoms with van der Waals surface area (Å²) in [7, 11) is 0. The first-order chi connectivity index (χ1) is 8.25. The summed E-state index contributed by atoms with van der Waals surface area (Å²) >= 11 is 0. The van der Waals surface area contributed by atoms with Gasteiger partial charge in [0.25, 0.3) is 0 Å². The smallest absolute Gasteiger partial charge is 0.00959 e. The van der Waals surface area contributed by atoms with E-state index in [4.69, 9.17) is 0 Å². The maximum Gasteiger partial charge on any atom is -0.00959 e. The van der Waals surface area contributed by atoms with Crippen molar-refractivity contribution in [1.29, 1.82) is 0 Å². The highest BCUT2D eigenvalue weighted by Gasteiger charge is 2.05. The second-order valence-corrected chi connectivity index (χ2v) is 4.83. The lowest BCUT2D eigenvalue weighted by atomic mass is 9.94. The molecule has 0 unspecified atom stereocenters. The molecule has 17 heavy (non-hydrogen) atoms. The Labute approximate surface area is 102 Å². The van der Waals surface area contributed by atoms with Crippen LogP contribution in [-0.2, 0) is 0 Å². The molecule has 0 heteroatoms. The normalized spacial score (nSPS) is 11.5. The molecule has 0 aliphatic heterocycles. The Bertz CT molecular complexity index is 678. The van der Waals surface area contributed by atoms with Crippen LogP contribution in [0.15, 0.2) is 48.5 Å². The Morgan fingerprint density at radius 2 is 1.65 bits per heavy atom. The summed E-state index contributed by atoms with van der Waals surface area (Å²) in [6.07, 6.45) is 0. The molecule has 0 fully saturated rings. The SMILES string of the molecule is CC(C)c1cc[c]c2cc3ccccc3cc12. The van der Waals surface area contributed by atoms with Gasteiger partial charge in [-0.1, -0.05) is 50.2 Å². The summed E-state index contributed by atoms with van der Waals surface area (Å²) in [5.41, 5.74) is 1.41. The molecule has 3 aromatic rings. The first kappa shape index (κ1) is 10.3. The summed E-state index contributed by atoms with van der Waals surface area (Å²) in [5, 5.41) is 5.15. The molecule has 0 saturated heterocycles. The number of rotatable bonds is 1. The van der Waals surface area contributed by atoms with Gasteiger partial charge >= 0.3 is 0 Å². The highest BCUT2D eigenvalue weighted by atomic mass is 14.1. The van der Waals surface area contributed by atoms with Gasteiger partial charge < -0.3 is 0 Å². The van der Waals surface area contributed by atoms with Crippen molar-refractivity contribution >= 4 is 21.5 Å². The van der Waals surface area contributed by atoms with Crippen LogP contribution in [0.2, 0.25) is 0 Å². The summed E-state index contributed by atoms with van der Waals surface area (Å²) in [5.74, 6) is 0.549. The van der Waals surface area contributed by atoms with Gasteiger partial charge in [-0.25, -0.2) is 0 Å². The summed E-state index contributed by atoms with van der Waals surface area (Å²) in [6, 6.07) is 20.6. The van der Waals surface area contributed by atoms with Crippen LogP contribution in [0, 0.1) is 6.07 Å². The van der Waals surface area contributed by atoms with E-state index in [0.717, 1.165) is 0 Å². The molecule has 0 atom stereocenters. The summed E-state index contributed by atoms with van der Waals surface area (Å²) < 4.78 is 0. The average Bonchev–Trinajstić information content (AvgIpc) is 2.35. The molecule has 0 saturated carbocycles. The highest BCUT2D eigenvalue weighted by Crippen LogP contribution is 2.28. The molecule has 3 rings (SSSR count). The van der Waals surface area contributed by atoms with Crippen molar-refractivity contribution in [1.82, 2.24) is 0 Å². The van der Waals surface area contributed by atoms with E-state index in [2.05, 4.69) is 62.4 Å². The first-order valence-corrected chi connectivity index (χ1v) is 6.09. The van der Waals surface area contributed by atoms with Crippen LogP contribution >= 0.6 is 0 Å². The topological polar surface area (TPSA) is 0 Å². The van der Waals surface area contributed by atoms with Gasteiger partial charge in [0.15, 0.2) is 0 Å². The van der Waals surface area contributed by atoms with E-state index < -0.39 is 0 Å². The second-order valence-electron chi connectivity index (χ2n) is 4.83. The molecule has 0 spiro atoms. The minimum atomic E-state index is 0.549. The van der Waals surface area contributed by atoms with Gasteiger partial charge in [-0.3, -0.25) is 0 Å². The van der Waals surface area contributed by atoms with E-state index in [0.29, 0.717) is 5.92 Å². The number of hydrogen-bond acceptors (Lipinski definition) is 0. The van der Waals surface area contributed by atoms with E-state index in [1.165, 1.54) is 27.1 Å². The van der Waals surface area contributed by atoms with E-state index in [1.54, 1.807) is 0 Å². The first-order valence-electron chi connectivity index (χ1n) is 6.09. The quantitative estimate of drug-likeness (QED) is 0.510. The lowest BCUT2D eigenvalue weighted by molar-refractivity contribution is 0.876. The third kappa shape index (κ3) is 1.70. The minimum Gasteiger partial charge on any atom is -0.0616 e. The Morgan fingerprint density at radius 1 is 0.941 bits per heavy atom. The Balaban J connectivity index is 2.43. The maximum atomic E-state index is 3.34. The summed E-state index contributed by atoms with van der Waals surface area (Å²) in [4.78, 5) is 0. The molecule has 0 aromatic heterocycles. The van der Waals surface area contributed by atoms with Gasteiger partial charge in [-0.05, 0) is 51.2 Å². The number of fused-ring (bicyclic) bond motifs is 2. The lowest BCUT2D eigenvalue weighted by Crippen LogP contribution is -1.89. The lowest BCUT2D eigenvalue weighted by Gasteiger charge is -2.10. The average molecular weight is 219 g/mol. The largest absolute Gasteiger partial charge is 0.0616 e. The molecule has 3 aromatic carbocycles. The molecule has 0 heterocycles. The molecule has 0 N–H and O–H groups in total. The van der Waals surface area contributed by atoms with Crippen molar-refractivity contribution in [3.8, 4) is 0 Å². The van der Waals surface area contributed by atoms with Gasteiger partial charge in [0.2, 0.25) is 0 Å². The fourth-order valence-corrected chi connectivity index (χ4v) is 2.41. The van der Waals surface area contributed by atoms with Crippen LogP contribution < -0.4 is 0 Å². The molecule has 1 radical (unpaired) electrons. The van der Waals surface area contributed by atoms with Crippen LogP contribution in [0.5, 0.6) is 0 Å². The van der Waals surface area contributed by atoms with E-state index in [-0.39, 0.29) is 0 Å². The van der Waals surface area contributed by atoms with Crippen molar-refractivity contribution in [2.45, 2.75) is 19.8 Å². The van der Waals surface area contributed by atoms with Crippen molar-refractivity contribution < 1.29 is 0 Å². The predicted molar refractivity (Wildman–Crippen MR) is 74.4 cm³/mol. The van der Waals surface area contributed by atoms with Crippen LogP contribution in [-0.4, -0.2) is 0 Å². The monoisotopic (exact) mass is 219 g/mol. The zero-order valence-corrected chi connectivity index (χ0v) is 10.2. The van der Waals surface area contributed by atoms with E-state index in [9.17, 15) is 0 Å². The minimum absolute atomic E-state index is 0.549. The third-order valence-electron chi connectivity index (χ3n) is 3.32. The summed E-state index contributed by atoms with van der Waals surface area (Å²) in [6.45, 7) is 4.48. The fraction of sp³-hybridized carbons (Fsp3) is 0.176. The molecule has 0 aliphatic carbocycles. The number of benzene rings is 3. The van der Waals surface area contributed by atoms with Gasteiger partial charge in [-0.15, -0.1) is 0 Å². The molecule has 0 nitrogen and oxygen atoms in total. The van der Waals surface area contributed by atoms with Crippen LogP contribution in [0.1, 0.15) is 25.3 Å². The Hall–Kier alpha value is -1.82. The second kappa shape index (κ2) is 3.89. The van der Waals surface area contributed by atoms with Crippen LogP contribution in [0.25, 0.3) is 21.5 Å². The molecule has 0 aliphatic rings. The standard InChI is InChI=1S/C17H15/c1-12(2)16-9-5-8-15-10-13-6-3-4-7-14(13)11-17(15)16/h3-7,9-12H,1-2H3. The van der Waals surface area contributed by atoms with Gasteiger partial charge in [0.05, 0.1) is 0 Å². The van der Waals surface area contributed by atoms with Gasteiger partial charge in [0, 0.05) is 0 Å². The zero-order chi connectivity index (χ0) is 11.8.